The van der Waals surface area contributed by atoms with Crippen LogP contribution in [-0.2, 0) is 31.7 Å². The van der Waals surface area contributed by atoms with E-state index in [1.54, 1.807) is 32.6 Å². The number of nitrogens with one attached hydrogen (secondary N) is 2. The molecule has 1 saturated heterocycles. The quantitative estimate of drug-likeness (QED) is 0.245. The summed E-state index contributed by atoms with van der Waals surface area (Å²) in [6.07, 6.45) is -3.45. The Morgan fingerprint density at radius 3 is 2.22 bits per heavy atom. The molecule has 1 aliphatic rings. The smallest absolute Gasteiger partial charge is 0.416 e. The number of carbonyl (C=O) groups is 4. The summed E-state index contributed by atoms with van der Waals surface area (Å²) in [5.74, 6) is -1.54. The lowest BCUT2D eigenvalue weighted by atomic mass is 9.96. The van der Waals surface area contributed by atoms with Gasteiger partial charge in [0, 0.05) is 24.8 Å². The molecule has 2 aromatic carbocycles. The predicted octanol–water partition coefficient (Wildman–Crippen LogP) is 5.75. The average Bonchev–Trinajstić information content (AvgIpc) is 3.05. The lowest BCUT2D eigenvalue weighted by molar-refractivity contribution is -0.139. The maximum Gasteiger partial charge on any atom is 0.416 e. The van der Waals surface area contributed by atoms with Crippen molar-refractivity contribution in [2.24, 2.45) is 11.7 Å². The number of ether oxygens (including phenoxy) is 1. The molecule has 3 rings (SSSR count). The van der Waals surface area contributed by atoms with E-state index in [9.17, 15) is 32.3 Å². The van der Waals surface area contributed by atoms with Crippen molar-refractivity contribution >= 4 is 29.5 Å². The van der Waals surface area contributed by atoms with E-state index in [2.05, 4.69) is 10.6 Å². The van der Waals surface area contributed by atoms with Gasteiger partial charge in [0.1, 0.15) is 17.7 Å². The number of rotatable bonds is 13. The number of anilines is 1. The lowest BCUT2D eigenvalue weighted by Gasteiger charge is -2.38. The minimum Gasteiger partial charge on any atom is -0.444 e. The van der Waals surface area contributed by atoms with Gasteiger partial charge in [0.15, 0.2) is 0 Å². The fourth-order valence-electron chi connectivity index (χ4n) is 5.65. The Morgan fingerprint density at radius 1 is 1.00 bits per heavy atom. The molecule has 0 radical (unpaired) electrons. The molecule has 0 bridgehead atoms. The third-order valence-corrected chi connectivity index (χ3v) is 8.63. The first-order valence-electron chi connectivity index (χ1n) is 16.8. The molecule has 13 heteroatoms. The number of nitrogens with zero attached hydrogens (tertiary/aromatic N) is 2. The number of amides is 4. The van der Waals surface area contributed by atoms with Crippen molar-refractivity contribution in [3.63, 3.8) is 0 Å². The zero-order valence-electron chi connectivity index (χ0n) is 29.0. The van der Waals surface area contributed by atoms with Crippen LogP contribution >= 0.6 is 0 Å². The number of halogens is 3. The second-order valence-electron chi connectivity index (χ2n) is 13.6. The monoisotopic (exact) mass is 689 g/mol. The van der Waals surface area contributed by atoms with Crippen LogP contribution in [0.3, 0.4) is 0 Å². The number of likely N-dealkylation sites (tertiary alicyclic amines) is 1. The Balaban J connectivity index is 1.95. The van der Waals surface area contributed by atoms with Gasteiger partial charge in [-0.15, -0.1) is 0 Å². The maximum atomic E-state index is 14.3. The van der Waals surface area contributed by atoms with Crippen molar-refractivity contribution < 1.29 is 37.1 Å². The molecule has 2 aromatic rings. The van der Waals surface area contributed by atoms with Gasteiger partial charge in [-0.1, -0.05) is 43.3 Å². The lowest BCUT2D eigenvalue weighted by Crippen LogP contribution is -2.58. The molecule has 3 unspecified atom stereocenters. The maximum absolute atomic E-state index is 14.3. The zero-order chi connectivity index (χ0) is 36.4. The van der Waals surface area contributed by atoms with Crippen LogP contribution < -0.4 is 16.4 Å². The Hall–Kier alpha value is -4.13. The van der Waals surface area contributed by atoms with Crippen LogP contribution in [0.1, 0.15) is 77.8 Å². The number of piperidine rings is 1. The number of hydrogen-bond acceptors (Lipinski definition) is 6. The molecule has 270 valence electrons. The molecule has 3 atom stereocenters. The standard InChI is InChI=1S/C36H50F3N5O5/c1-6-24(2)44(34(48)49-35(3,4)5)30(22-31(45)43-19-17-26(23-40)18-20-43)33(47)42-29(16-15-25-11-8-7-9-12-25)32(46)41-28-14-10-13-27(21-28)36(37,38)39/h7-14,21,24,26,29-30H,6,15-20,22-23,40H2,1-5H3,(H,41,46)(H,42,47). The van der Waals surface area contributed by atoms with Gasteiger partial charge in [-0.2, -0.15) is 13.2 Å². The van der Waals surface area contributed by atoms with E-state index in [0.29, 0.717) is 38.4 Å². The molecular weight excluding hydrogens is 639 g/mol. The fourth-order valence-corrected chi connectivity index (χ4v) is 5.65. The number of alkyl halides is 3. The Bertz CT molecular complexity index is 1410. The van der Waals surface area contributed by atoms with Gasteiger partial charge in [0.25, 0.3) is 0 Å². The van der Waals surface area contributed by atoms with Crippen molar-refractivity contribution in [3.05, 3.63) is 65.7 Å². The van der Waals surface area contributed by atoms with Crippen LogP contribution in [-0.4, -0.2) is 77.0 Å². The van der Waals surface area contributed by atoms with Crippen LogP contribution in [0.4, 0.5) is 23.7 Å². The summed E-state index contributed by atoms with van der Waals surface area (Å²) in [6.45, 7) is 10.1. The first-order valence-corrected chi connectivity index (χ1v) is 16.8. The number of carbonyl (C=O) groups excluding carboxylic acids is 4. The minimum atomic E-state index is -4.62. The molecule has 0 aromatic heterocycles. The second kappa shape index (κ2) is 17.5. The number of benzene rings is 2. The van der Waals surface area contributed by atoms with E-state index < -0.39 is 53.4 Å². The molecule has 0 saturated carbocycles. The Labute approximate surface area is 286 Å². The van der Waals surface area contributed by atoms with Crippen molar-refractivity contribution in [1.82, 2.24) is 15.1 Å². The zero-order valence-corrected chi connectivity index (χ0v) is 29.0. The van der Waals surface area contributed by atoms with Gasteiger partial charge in [-0.05, 0) is 96.0 Å². The first kappa shape index (κ1) is 39.3. The number of hydrogen-bond donors (Lipinski definition) is 3. The van der Waals surface area contributed by atoms with E-state index in [4.69, 9.17) is 10.5 Å². The highest BCUT2D eigenvalue weighted by molar-refractivity contribution is 5.99. The summed E-state index contributed by atoms with van der Waals surface area (Å²) in [6, 6.07) is 10.3. The van der Waals surface area contributed by atoms with E-state index >= 15 is 0 Å². The highest BCUT2D eigenvalue weighted by Gasteiger charge is 2.40. The van der Waals surface area contributed by atoms with E-state index in [1.165, 1.54) is 17.0 Å². The van der Waals surface area contributed by atoms with Crippen LogP contribution in [0.2, 0.25) is 0 Å². The van der Waals surface area contributed by atoms with E-state index in [1.807, 2.05) is 37.3 Å². The summed E-state index contributed by atoms with van der Waals surface area (Å²) in [5.41, 5.74) is 4.76. The summed E-state index contributed by atoms with van der Waals surface area (Å²) in [5, 5.41) is 5.25. The van der Waals surface area contributed by atoms with Gasteiger partial charge in [-0.25, -0.2) is 4.79 Å². The Morgan fingerprint density at radius 2 is 1.65 bits per heavy atom. The topological polar surface area (TPSA) is 134 Å². The molecule has 4 amide bonds. The normalized spacial score (nSPS) is 15.9. The molecule has 4 N–H and O–H groups in total. The Kier molecular flexibility index (Phi) is 14.0. The second-order valence-corrected chi connectivity index (χ2v) is 13.6. The third-order valence-electron chi connectivity index (χ3n) is 8.63. The molecule has 10 nitrogen and oxygen atoms in total. The fraction of sp³-hybridized carbons (Fsp3) is 0.556. The molecular formula is C36H50F3N5O5. The van der Waals surface area contributed by atoms with Crippen LogP contribution in [0.25, 0.3) is 0 Å². The highest BCUT2D eigenvalue weighted by Crippen LogP contribution is 2.31. The van der Waals surface area contributed by atoms with Crippen molar-refractivity contribution in [2.75, 3.05) is 25.0 Å². The highest BCUT2D eigenvalue weighted by atomic mass is 19.4. The van der Waals surface area contributed by atoms with Crippen molar-refractivity contribution in [3.8, 4) is 0 Å². The third kappa shape index (κ3) is 12.1. The summed E-state index contributed by atoms with van der Waals surface area (Å²) in [4.78, 5) is 58.2. The van der Waals surface area contributed by atoms with Gasteiger partial charge < -0.3 is 26.0 Å². The summed E-state index contributed by atoms with van der Waals surface area (Å²) >= 11 is 0. The van der Waals surface area contributed by atoms with Crippen molar-refractivity contribution in [2.45, 2.75) is 103 Å². The van der Waals surface area contributed by atoms with Crippen molar-refractivity contribution in [1.29, 1.82) is 0 Å². The molecule has 1 heterocycles. The molecule has 1 aliphatic heterocycles. The summed E-state index contributed by atoms with van der Waals surface area (Å²) in [7, 11) is 0. The minimum absolute atomic E-state index is 0.0869. The SMILES string of the molecule is CCC(C)N(C(=O)OC(C)(C)C)C(CC(=O)N1CCC(CN)CC1)C(=O)NC(CCc1ccccc1)C(=O)Nc1cccc(C(F)(F)F)c1. The van der Waals surface area contributed by atoms with Crippen LogP contribution in [0, 0.1) is 5.92 Å². The van der Waals surface area contributed by atoms with Gasteiger partial charge >= 0.3 is 12.3 Å². The van der Waals surface area contributed by atoms with Crippen LogP contribution in [0.5, 0.6) is 0 Å². The van der Waals surface area contributed by atoms with E-state index in [0.717, 1.165) is 30.5 Å². The number of aryl methyl sites for hydroxylation is 1. The van der Waals surface area contributed by atoms with Gasteiger partial charge in [-0.3, -0.25) is 19.3 Å². The average molecular weight is 690 g/mol. The molecule has 1 fully saturated rings. The van der Waals surface area contributed by atoms with Gasteiger partial charge in [0.2, 0.25) is 17.7 Å². The van der Waals surface area contributed by atoms with Gasteiger partial charge in [0.05, 0.1) is 12.0 Å². The number of nitrogens with two attached hydrogens (primary N) is 1. The van der Waals surface area contributed by atoms with E-state index in [-0.39, 0.29) is 24.4 Å². The summed E-state index contributed by atoms with van der Waals surface area (Å²) < 4.78 is 45.9. The molecule has 0 spiro atoms. The predicted molar refractivity (Wildman–Crippen MR) is 181 cm³/mol. The largest absolute Gasteiger partial charge is 0.444 e. The van der Waals surface area contributed by atoms with Crippen LogP contribution in [0.15, 0.2) is 54.6 Å². The molecule has 49 heavy (non-hydrogen) atoms. The molecule has 0 aliphatic carbocycles. The first-order chi connectivity index (χ1) is 23.0.